The Morgan fingerprint density at radius 1 is 1.36 bits per heavy atom. The summed E-state index contributed by atoms with van der Waals surface area (Å²) >= 11 is 1.71. The quantitative estimate of drug-likeness (QED) is 0.927. The normalized spacial score (nSPS) is 28.0. The molecule has 2 heterocycles. The van der Waals surface area contributed by atoms with Gasteiger partial charge in [-0.3, -0.25) is 10.1 Å². The molecule has 22 heavy (non-hydrogen) atoms. The van der Waals surface area contributed by atoms with Gasteiger partial charge in [0.2, 0.25) is 5.91 Å². The van der Waals surface area contributed by atoms with Crippen LogP contribution in [-0.2, 0) is 10.3 Å². The summed E-state index contributed by atoms with van der Waals surface area (Å²) in [6.45, 7) is 6.76. The van der Waals surface area contributed by atoms with Crippen LogP contribution in [0.25, 0.3) is 0 Å². The van der Waals surface area contributed by atoms with Gasteiger partial charge in [-0.15, -0.1) is 11.3 Å². The number of thiazole rings is 1. The average Bonchev–Trinajstić information content (AvgIpc) is 3.15. The second-order valence-electron chi connectivity index (χ2n) is 7.22. The van der Waals surface area contributed by atoms with Crippen molar-refractivity contribution in [2.24, 2.45) is 11.8 Å². The van der Waals surface area contributed by atoms with Crippen LogP contribution in [0.2, 0.25) is 0 Å². The van der Waals surface area contributed by atoms with E-state index in [2.05, 4.69) is 29.0 Å². The van der Waals surface area contributed by atoms with Gasteiger partial charge >= 0.3 is 0 Å². The Kier molecular flexibility index (Phi) is 4.83. The van der Waals surface area contributed by atoms with E-state index in [-0.39, 0.29) is 11.4 Å². The molecule has 0 aromatic carbocycles. The zero-order valence-electron chi connectivity index (χ0n) is 13.7. The molecule has 5 heteroatoms. The molecular weight excluding hydrogens is 294 g/mol. The fourth-order valence-corrected chi connectivity index (χ4v) is 5.00. The van der Waals surface area contributed by atoms with Gasteiger partial charge in [-0.1, -0.05) is 26.7 Å². The lowest BCUT2D eigenvalue weighted by molar-refractivity contribution is -0.133. The predicted molar refractivity (Wildman–Crippen MR) is 89.8 cm³/mol. The molecule has 2 fully saturated rings. The molecular formula is C17H27N3OS. The van der Waals surface area contributed by atoms with Crippen LogP contribution in [0, 0.1) is 11.8 Å². The molecule has 1 saturated carbocycles. The van der Waals surface area contributed by atoms with E-state index < -0.39 is 0 Å². The monoisotopic (exact) mass is 321 g/mol. The van der Waals surface area contributed by atoms with Crippen LogP contribution in [0.4, 0.5) is 0 Å². The summed E-state index contributed by atoms with van der Waals surface area (Å²) in [6.07, 6.45) is 7.75. The van der Waals surface area contributed by atoms with Gasteiger partial charge in [0, 0.05) is 24.7 Å². The van der Waals surface area contributed by atoms with Crippen LogP contribution in [0.3, 0.4) is 0 Å². The molecule has 1 aromatic rings. The van der Waals surface area contributed by atoms with Gasteiger partial charge in [0.25, 0.3) is 0 Å². The van der Waals surface area contributed by atoms with Crippen molar-refractivity contribution >= 4 is 17.2 Å². The number of carbonyl (C=O) groups excluding carboxylic acids is 1. The van der Waals surface area contributed by atoms with Crippen LogP contribution >= 0.6 is 11.3 Å². The zero-order valence-corrected chi connectivity index (χ0v) is 14.5. The molecule has 2 aliphatic rings. The first-order valence-corrected chi connectivity index (χ1v) is 9.40. The minimum atomic E-state index is -0.0587. The molecule has 4 nitrogen and oxygen atoms in total. The molecule has 1 N–H and O–H groups in total. The summed E-state index contributed by atoms with van der Waals surface area (Å²) in [7, 11) is 0. The van der Waals surface area contributed by atoms with Crippen molar-refractivity contribution in [3.63, 3.8) is 0 Å². The van der Waals surface area contributed by atoms with Crippen LogP contribution in [0.1, 0.15) is 51.0 Å². The number of aromatic nitrogens is 1. The Hall–Kier alpha value is -0.940. The van der Waals surface area contributed by atoms with E-state index in [1.54, 1.807) is 11.3 Å². The smallest absolute Gasteiger partial charge is 0.236 e. The van der Waals surface area contributed by atoms with Gasteiger partial charge in [0.05, 0.1) is 12.1 Å². The first kappa shape index (κ1) is 15.9. The fraction of sp³-hybridized carbons (Fsp3) is 0.765. The third-order valence-corrected chi connectivity index (χ3v) is 6.08. The second-order valence-corrected chi connectivity index (χ2v) is 8.12. The van der Waals surface area contributed by atoms with Crippen molar-refractivity contribution < 1.29 is 4.79 Å². The molecule has 1 aromatic heterocycles. The lowest BCUT2D eigenvalue weighted by Crippen LogP contribution is -2.50. The van der Waals surface area contributed by atoms with Crippen molar-refractivity contribution in [1.29, 1.82) is 0 Å². The highest BCUT2D eigenvalue weighted by atomic mass is 32.1. The SMILES string of the molecule is C[C@H]1C[C@H](C)CN(C(=O)CNC2(c3nccs3)CCCC2)C1. The number of likely N-dealkylation sites (tertiary alicyclic amines) is 1. The summed E-state index contributed by atoms with van der Waals surface area (Å²) in [5, 5.41) is 6.77. The number of piperidine rings is 1. The third kappa shape index (κ3) is 3.35. The Labute approximate surface area is 137 Å². The highest BCUT2D eigenvalue weighted by molar-refractivity contribution is 7.09. The van der Waals surface area contributed by atoms with Crippen molar-refractivity contribution in [3.05, 3.63) is 16.6 Å². The Balaban J connectivity index is 1.62. The zero-order chi connectivity index (χ0) is 15.6. The maximum Gasteiger partial charge on any atom is 0.236 e. The van der Waals surface area contributed by atoms with Crippen molar-refractivity contribution in [2.45, 2.75) is 51.5 Å². The van der Waals surface area contributed by atoms with E-state index in [4.69, 9.17) is 0 Å². The molecule has 1 aliphatic heterocycles. The first-order valence-electron chi connectivity index (χ1n) is 8.52. The minimum Gasteiger partial charge on any atom is -0.341 e. The van der Waals surface area contributed by atoms with Gasteiger partial charge < -0.3 is 4.90 Å². The van der Waals surface area contributed by atoms with Gasteiger partial charge in [-0.05, 0) is 31.1 Å². The van der Waals surface area contributed by atoms with Gasteiger partial charge in [0.15, 0.2) is 0 Å². The molecule has 0 unspecified atom stereocenters. The standard InChI is InChI=1S/C17H27N3OS/c1-13-9-14(2)12-20(11-13)15(21)10-19-17(5-3-4-6-17)16-18-7-8-22-16/h7-8,13-14,19H,3-6,9-12H2,1-2H3/t13-,14-/m0/s1. The third-order valence-electron chi connectivity index (χ3n) is 5.10. The van der Waals surface area contributed by atoms with Crippen LogP contribution < -0.4 is 5.32 Å². The van der Waals surface area contributed by atoms with Crippen molar-refractivity contribution in [3.8, 4) is 0 Å². The van der Waals surface area contributed by atoms with Gasteiger partial charge in [-0.2, -0.15) is 0 Å². The van der Waals surface area contributed by atoms with E-state index in [1.165, 1.54) is 19.3 Å². The highest BCUT2D eigenvalue weighted by Gasteiger charge is 2.38. The van der Waals surface area contributed by atoms with Crippen LogP contribution in [0.5, 0.6) is 0 Å². The number of nitrogens with zero attached hydrogens (tertiary/aromatic N) is 2. The Morgan fingerprint density at radius 2 is 2.05 bits per heavy atom. The van der Waals surface area contributed by atoms with Crippen LogP contribution in [0.15, 0.2) is 11.6 Å². The number of nitrogens with one attached hydrogen (secondary N) is 1. The van der Waals surface area contributed by atoms with E-state index in [1.807, 2.05) is 11.6 Å². The van der Waals surface area contributed by atoms with Crippen LogP contribution in [-0.4, -0.2) is 35.4 Å². The molecule has 1 amide bonds. The summed E-state index contributed by atoms with van der Waals surface area (Å²) < 4.78 is 0. The number of amides is 1. The average molecular weight is 321 g/mol. The molecule has 2 atom stereocenters. The van der Waals surface area contributed by atoms with Gasteiger partial charge in [0.1, 0.15) is 5.01 Å². The highest BCUT2D eigenvalue weighted by Crippen LogP contribution is 2.39. The summed E-state index contributed by atoms with van der Waals surface area (Å²) in [5.74, 6) is 1.49. The minimum absolute atomic E-state index is 0.0587. The number of carbonyl (C=O) groups is 1. The fourth-order valence-electron chi connectivity index (χ4n) is 4.13. The Morgan fingerprint density at radius 3 is 2.64 bits per heavy atom. The lowest BCUT2D eigenvalue weighted by Gasteiger charge is -2.36. The topological polar surface area (TPSA) is 45.2 Å². The number of hydrogen-bond donors (Lipinski definition) is 1. The molecule has 1 aliphatic carbocycles. The molecule has 0 spiro atoms. The Bertz CT molecular complexity index is 486. The maximum absolute atomic E-state index is 12.6. The molecule has 0 bridgehead atoms. The van der Waals surface area contributed by atoms with E-state index in [9.17, 15) is 4.79 Å². The van der Waals surface area contributed by atoms with E-state index in [0.717, 1.165) is 30.9 Å². The van der Waals surface area contributed by atoms with E-state index >= 15 is 0 Å². The second kappa shape index (κ2) is 6.67. The number of rotatable bonds is 4. The summed E-state index contributed by atoms with van der Waals surface area (Å²) in [6, 6.07) is 0. The largest absolute Gasteiger partial charge is 0.341 e. The van der Waals surface area contributed by atoms with E-state index in [0.29, 0.717) is 18.4 Å². The molecule has 0 radical (unpaired) electrons. The lowest BCUT2D eigenvalue weighted by atomic mass is 9.92. The summed E-state index contributed by atoms with van der Waals surface area (Å²) in [4.78, 5) is 19.2. The molecule has 1 saturated heterocycles. The summed E-state index contributed by atoms with van der Waals surface area (Å²) in [5.41, 5.74) is -0.0587. The predicted octanol–water partition coefficient (Wildman–Crippen LogP) is 3.01. The molecule has 3 rings (SSSR count). The maximum atomic E-state index is 12.6. The first-order chi connectivity index (χ1) is 10.6. The van der Waals surface area contributed by atoms with Gasteiger partial charge in [-0.25, -0.2) is 4.98 Å². The van der Waals surface area contributed by atoms with Crippen molar-refractivity contribution in [2.75, 3.05) is 19.6 Å². The van der Waals surface area contributed by atoms with Crippen molar-refractivity contribution in [1.82, 2.24) is 15.2 Å². The number of hydrogen-bond acceptors (Lipinski definition) is 4. The molecule has 122 valence electrons.